The predicted octanol–water partition coefficient (Wildman–Crippen LogP) is 3.12. The quantitative estimate of drug-likeness (QED) is 0.495. The lowest BCUT2D eigenvalue weighted by Gasteiger charge is -2.05. The monoisotopic (exact) mass is 125 g/mol. The SMILES string of the molecule is [CH]CC(C)CCCC[CH2]. The van der Waals surface area contributed by atoms with Gasteiger partial charge >= 0.3 is 0 Å². The van der Waals surface area contributed by atoms with E-state index in [1.54, 1.807) is 0 Å². The molecule has 0 amide bonds. The van der Waals surface area contributed by atoms with Crippen molar-refractivity contribution in [2.45, 2.75) is 39.0 Å². The Morgan fingerprint density at radius 1 is 1.44 bits per heavy atom. The fourth-order valence-electron chi connectivity index (χ4n) is 0.787. The van der Waals surface area contributed by atoms with Crippen LogP contribution in [0.15, 0.2) is 0 Å². The maximum absolute atomic E-state index is 5.44. The van der Waals surface area contributed by atoms with Crippen molar-refractivity contribution in [3.05, 3.63) is 13.8 Å². The number of hydrogen-bond donors (Lipinski definition) is 0. The van der Waals surface area contributed by atoms with Gasteiger partial charge in [0.15, 0.2) is 0 Å². The van der Waals surface area contributed by atoms with Crippen LogP contribution in [0.5, 0.6) is 0 Å². The second kappa shape index (κ2) is 6.12. The van der Waals surface area contributed by atoms with Crippen LogP contribution in [0.3, 0.4) is 0 Å². The molecule has 0 aromatic heterocycles. The molecule has 0 saturated heterocycles. The summed E-state index contributed by atoms with van der Waals surface area (Å²) in [5.74, 6) is 0.705. The number of rotatable bonds is 5. The summed E-state index contributed by atoms with van der Waals surface area (Å²) in [6, 6.07) is 0. The minimum absolute atomic E-state index is 0.705. The van der Waals surface area contributed by atoms with E-state index < -0.39 is 0 Å². The number of unbranched alkanes of at least 4 members (excludes halogenated alkanes) is 2. The molecule has 0 saturated carbocycles. The molecule has 0 aromatic carbocycles. The summed E-state index contributed by atoms with van der Waals surface area (Å²) >= 11 is 0. The topological polar surface area (TPSA) is 0 Å². The van der Waals surface area contributed by atoms with Crippen molar-refractivity contribution >= 4 is 0 Å². The van der Waals surface area contributed by atoms with Crippen molar-refractivity contribution in [1.29, 1.82) is 0 Å². The van der Waals surface area contributed by atoms with Crippen molar-refractivity contribution in [3.63, 3.8) is 0 Å². The molecule has 0 aromatic rings. The van der Waals surface area contributed by atoms with E-state index >= 15 is 0 Å². The Balaban J connectivity index is 2.88. The molecule has 0 heteroatoms. The Morgan fingerprint density at radius 2 is 2.11 bits per heavy atom. The average molecular weight is 125 g/mol. The average Bonchev–Trinajstić information content (AvgIpc) is 1.89. The van der Waals surface area contributed by atoms with Gasteiger partial charge in [-0.05, 0) is 19.3 Å². The summed E-state index contributed by atoms with van der Waals surface area (Å²) in [5.41, 5.74) is 0. The largest absolute Gasteiger partial charge is 0.0625 e. The van der Waals surface area contributed by atoms with E-state index in [2.05, 4.69) is 13.8 Å². The summed E-state index contributed by atoms with van der Waals surface area (Å²) in [6.07, 6.45) is 5.71. The van der Waals surface area contributed by atoms with Crippen LogP contribution in [0, 0.1) is 19.8 Å². The van der Waals surface area contributed by atoms with Crippen LogP contribution in [-0.2, 0) is 0 Å². The highest BCUT2D eigenvalue weighted by Gasteiger charge is 1.96. The summed E-state index contributed by atoms with van der Waals surface area (Å²) in [5, 5.41) is 0. The summed E-state index contributed by atoms with van der Waals surface area (Å²) in [4.78, 5) is 0. The van der Waals surface area contributed by atoms with E-state index in [1.807, 2.05) is 0 Å². The van der Waals surface area contributed by atoms with Gasteiger partial charge in [-0.15, -0.1) is 0 Å². The van der Waals surface area contributed by atoms with Gasteiger partial charge in [-0.2, -0.15) is 0 Å². The van der Waals surface area contributed by atoms with Crippen LogP contribution in [-0.4, -0.2) is 0 Å². The fourth-order valence-corrected chi connectivity index (χ4v) is 0.787. The van der Waals surface area contributed by atoms with Crippen LogP contribution in [0.25, 0.3) is 0 Å². The van der Waals surface area contributed by atoms with Gasteiger partial charge in [0, 0.05) is 0 Å². The Morgan fingerprint density at radius 3 is 2.56 bits per heavy atom. The highest BCUT2D eigenvalue weighted by Crippen LogP contribution is 2.11. The van der Waals surface area contributed by atoms with Crippen LogP contribution >= 0.6 is 0 Å². The first kappa shape index (κ1) is 9.00. The molecule has 0 aliphatic carbocycles. The van der Waals surface area contributed by atoms with Gasteiger partial charge in [-0.25, -0.2) is 0 Å². The minimum Gasteiger partial charge on any atom is -0.0625 e. The predicted molar refractivity (Wildman–Crippen MR) is 41.9 cm³/mol. The summed E-state index contributed by atoms with van der Waals surface area (Å²) in [6.45, 7) is 11.4. The third-order valence-corrected chi connectivity index (χ3v) is 1.60. The highest BCUT2D eigenvalue weighted by molar-refractivity contribution is 4.54. The third-order valence-electron chi connectivity index (χ3n) is 1.60. The van der Waals surface area contributed by atoms with Crippen LogP contribution in [0.4, 0.5) is 0 Å². The Hall–Kier alpha value is 0. The van der Waals surface area contributed by atoms with Crippen molar-refractivity contribution in [2.75, 3.05) is 0 Å². The second-order valence-electron chi connectivity index (χ2n) is 2.69. The van der Waals surface area contributed by atoms with Crippen molar-refractivity contribution < 1.29 is 0 Å². The zero-order chi connectivity index (χ0) is 7.11. The van der Waals surface area contributed by atoms with Gasteiger partial charge in [0.25, 0.3) is 0 Å². The van der Waals surface area contributed by atoms with Crippen molar-refractivity contribution in [2.24, 2.45) is 5.92 Å². The van der Waals surface area contributed by atoms with Crippen molar-refractivity contribution in [1.82, 2.24) is 0 Å². The molecule has 1 unspecified atom stereocenters. The Bertz CT molecular complexity index is 48.0. The zero-order valence-electron chi connectivity index (χ0n) is 6.40. The fraction of sp³-hybridized carbons (Fsp3) is 0.778. The van der Waals surface area contributed by atoms with Gasteiger partial charge in [0.2, 0.25) is 0 Å². The molecule has 0 aliphatic rings. The molecular weight excluding hydrogens is 108 g/mol. The molecule has 0 heterocycles. The van der Waals surface area contributed by atoms with E-state index in [9.17, 15) is 0 Å². The molecule has 0 spiro atoms. The first-order valence-electron chi connectivity index (χ1n) is 3.80. The molecule has 9 heavy (non-hydrogen) atoms. The molecule has 0 rings (SSSR count). The maximum Gasteiger partial charge on any atom is -0.0349 e. The van der Waals surface area contributed by atoms with E-state index in [-0.39, 0.29) is 0 Å². The normalized spacial score (nSPS) is 13.7. The molecule has 0 bridgehead atoms. The summed E-state index contributed by atoms with van der Waals surface area (Å²) < 4.78 is 0. The van der Waals surface area contributed by atoms with Crippen LogP contribution in [0.1, 0.15) is 39.0 Å². The Labute approximate surface area is 59.7 Å². The standard InChI is InChI=1S/C9H17/c1-4-6-7-8-9(3)5-2/h2,9H,1,4-8H2,3H3. The lowest BCUT2D eigenvalue weighted by molar-refractivity contribution is 0.503. The van der Waals surface area contributed by atoms with Gasteiger partial charge < -0.3 is 0 Å². The van der Waals surface area contributed by atoms with Crippen molar-refractivity contribution in [3.8, 4) is 0 Å². The molecule has 0 N–H and O–H groups in total. The zero-order valence-corrected chi connectivity index (χ0v) is 6.40. The maximum atomic E-state index is 5.44. The smallest absolute Gasteiger partial charge is 0.0349 e. The Kier molecular flexibility index (Phi) is 6.12. The van der Waals surface area contributed by atoms with E-state index in [0.29, 0.717) is 5.92 Å². The van der Waals surface area contributed by atoms with Gasteiger partial charge in [-0.3, -0.25) is 0 Å². The molecule has 53 valence electrons. The van der Waals surface area contributed by atoms with Gasteiger partial charge in [-0.1, -0.05) is 39.5 Å². The second-order valence-corrected chi connectivity index (χ2v) is 2.69. The highest BCUT2D eigenvalue weighted by atomic mass is 14.0. The minimum atomic E-state index is 0.705. The molecule has 0 nitrogen and oxygen atoms in total. The van der Waals surface area contributed by atoms with Gasteiger partial charge in [0.05, 0.1) is 0 Å². The molecule has 1 atom stereocenters. The molecule has 0 aliphatic heterocycles. The lowest BCUT2D eigenvalue weighted by Crippen LogP contribution is -1.90. The van der Waals surface area contributed by atoms with Gasteiger partial charge in [0.1, 0.15) is 0 Å². The van der Waals surface area contributed by atoms with Crippen LogP contribution < -0.4 is 0 Å². The molecular formula is C9H17. The lowest BCUT2D eigenvalue weighted by atomic mass is 10.0. The van der Waals surface area contributed by atoms with Crippen LogP contribution in [0.2, 0.25) is 0 Å². The molecule has 3 radical (unpaired) electrons. The van der Waals surface area contributed by atoms with E-state index in [4.69, 9.17) is 6.92 Å². The third kappa shape index (κ3) is 5.88. The van der Waals surface area contributed by atoms with E-state index in [0.717, 1.165) is 12.8 Å². The number of hydrogen-bond acceptors (Lipinski definition) is 0. The first-order valence-corrected chi connectivity index (χ1v) is 3.80. The molecule has 0 fully saturated rings. The van der Waals surface area contributed by atoms with E-state index in [1.165, 1.54) is 19.3 Å². The first-order chi connectivity index (χ1) is 4.31. The summed E-state index contributed by atoms with van der Waals surface area (Å²) in [7, 11) is 0.